The molecular weight excluding hydrogens is 260 g/mol. The van der Waals surface area contributed by atoms with Crippen LogP contribution in [0.1, 0.15) is 30.6 Å². The van der Waals surface area contributed by atoms with Crippen LogP contribution in [0.25, 0.3) is 11.3 Å². The quantitative estimate of drug-likeness (QED) is 0.772. The number of hydrogen-bond donors (Lipinski definition) is 0. The summed E-state index contributed by atoms with van der Waals surface area (Å²) in [6.45, 7) is 5.02. The van der Waals surface area contributed by atoms with Crippen LogP contribution in [0.2, 0.25) is 5.15 Å². The fourth-order valence-corrected chi connectivity index (χ4v) is 2.15. The topological polar surface area (TPSA) is 34.9 Å². The second-order valence-corrected chi connectivity index (χ2v) is 5.30. The largest absolute Gasteiger partial charge is 0.298 e. The molecule has 0 bridgehead atoms. The Morgan fingerprint density at radius 3 is 2.58 bits per heavy atom. The van der Waals surface area contributed by atoms with E-state index in [1.165, 1.54) is 0 Å². The third kappa shape index (κ3) is 3.04. The average molecular weight is 277 g/mol. The molecule has 0 N–H and O–H groups in total. The lowest BCUT2D eigenvalue weighted by atomic mass is 10.1. The van der Waals surface area contributed by atoms with Crippen molar-refractivity contribution >= 4 is 17.9 Å². The molecule has 1 aromatic carbocycles. The Labute approximate surface area is 118 Å². The molecule has 2 aromatic rings. The summed E-state index contributed by atoms with van der Waals surface area (Å²) in [5.41, 5.74) is 2.04. The van der Waals surface area contributed by atoms with Crippen LogP contribution in [0, 0.1) is 5.92 Å². The minimum atomic E-state index is 0.425. The smallest absolute Gasteiger partial charge is 0.155 e. The van der Waals surface area contributed by atoms with E-state index < -0.39 is 0 Å². The van der Waals surface area contributed by atoms with Crippen LogP contribution in [0.3, 0.4) is 0 Å². The van der Waals surface area contributed by atoms with Crippen molar-refractivity contribution in [1.29, 1.82) is 0 Å². The van der Waals surface area contributed by atoms with Crippen molar-refractivity contribution in [3.05, 3.63) is 41.0 Å². The van der Waals surface area contributed by atoms with E-state index in [-0.39, 0.29) is 0 Å². The monoisotopic (exact) mass is 276 g/mol. The predicted octanol–water partition coefficient (Wildman–Crippen LogP) is 4.06. The highest BCUT2D eigenvalue weighted by molar-refractivity contribution is 6.32. The summed E-state index contributed by atoms with van der Waals surface area (Å²) >= 11 is 6.23. The van der Waals surface area contributed by atoms with Crippen molar-refractivity contribution in [3.8, 4) is 11.3 Å². The van der Waals surface area contributed by atoms with Crippen molar-refractivity contribution in [2.24, 2.45) is 5.92 Å². The maximum atomic E-state index is 11.2. The molecular formula is C15H17ClN2O. The molecule has 4 heteroatoms. The van der Waals surface area contributed by atoms with Crippen LogP contribution in [0.4, 0.5) is 0 Å². The maximum Gasteiger partial charge on any atom is 0.155 e. The van der Waals surface area contributed by atoms with E-state index in [9.17, 15) is 4.79 Å². The van der Waals surface area contributed by atoms with Crippen molar-refractivity contribution in [2.75, 3.05) is 0 Å². The molecule has 1 heterocycles. The normalized spacial score (nSPS) is 10.9. The predicted molar refractivity (Wildman–Crippen MR) is 77.5 cm³/mol. The molecule has 0 aliphatic carbocycles. The number of nitrogens with zero attached hydrogens (tertiary/aromatic N) is 2. The summed E-state index contributed by atoms with van der Waals surface area (Å²) in [6.07, 6.45) is 1.76. The van der Waals surface area contributed by atoms with Crippen LogP contribution in [0.15, 0.2) is 30.3 Å². The zero-order chi connectivity index (χ0) is 13.8. The summed E-state index contributed by atoms with van der Waals surface area (Å²) in [6, 6.07) is 9.63. The Bertz CT molecular complexity index is 561. The zero-order valence-electron chi connectivity index (χ0n) is 11.1. The van der Waals surface area contributed by atoms with E-state index in [0.29, 0.717) is 22.3 Å². The van der Waals surface area contributed by atoms with Gasteiger partial charge in [-0.25, -0.2) is 0 Å². The Hall–Kier alpha value is -1.61. The van der Waals surface area contributed by atoms with E-state index >= 15 is 0 Å². The minimum absolute atomic E-state index is 0.425. The number of aryl methyl sites for hydroxylation is 1. The first-order chi connectivity index (χ1) is 9.13. The van der Waals surface area contributed by atoms with E-state index in [0.717, 1.165) is 24.8 Å². The fraction of sp³-hybridized carbons (Fsp3) is 0.333. The molecule has 3 nitrogen and oxygen atoms in total. The maximum absolute atomic E-state index is 11.2. The van der Waals surface area contributed by atoms with Gasteiger partial charge in [-0.05, 0) is 12.3 Å². The van der Waals surface area contributed by atoms with Crippen LogP contribution < -0.4 is 0 Å². The molecule has 0 saturated heterocycles. The number of aromatic nitrogens is 2. The number of benzene rings is 1. The lowest BCUT2D eigenvalue weighted by molar-refractivity contribution is 0.112. The summed E-state index contributed by atoms with van der Waals surface area (Å²) in [4.78, 5) is 11.2. The molecule has 100 valence electrons. The van der Waals surface area contributed by atoms with Crippen LogP contribution in [0.5, 0.6) is 0 Å². The first-order valence-electron chi connectivity index (χ1n) is 6.40. The number of hydrogen-bond acceptors (Lipinski definition) is 2. The molecule has 19 heavy (non-hydrogen) atoms. The number of carbonyl (C=O) groups is 1. The van der Waals surface area contributed by atoms with E-state index in [1.54, 1.807) is 4.68 Å². The van der Waals surface area contributed by atoms with E-state index in [1.807, 2.05) is 30.3 Å². The lowest BCUT2D eigenvalue weighted by Gasteiger charge is -2.05. The number of aldehydes is 1. The standard InChI is InChI=1S/C15H17ClN2O/c1-11(2)8-9-18-15(16)13(10-19)14(17-18)12-6-4-3-5-7-12/h3-7,10-11H,8-9H2,1-2H3. The molecule has 0 spiro atoms. The highest BCUT2D eigenvalue weighted by Crippen LogP contribution is 2.27. The molecule has 0 aliphatic rings. The van der Waals surface area contributed by atoms with Gasteiger partial charge in [0.2, 0.25) is 0 Å². The summed E-state index contributed by atoms with van der Waals surface area (Å²) in [5.74, 6) is 0.570. The van der Waals surface area contributed by atoms with Gasteiger partial charge < -0.3 is 0 Å². The van der Waals surface area contributed by atoms with Gasteiger partial charge in [-0.2, -0.15) is 5.10 Å². The molecule has 0 amide bonds. The highest BCUT2D eigenvalue weighted by Gasteiger charge is 2.17. The molecule has 2 rings (SSSR count). The average Bonchev–Trinajstić information content (AvgIpc) is 2.74. The second-order valence-electron chi connectivity index (χ2n) is 4.94. The summed E-state index contributed by atoms with van der Waals surface area (Å²) in [5, 5.41) is 4.90. The Kier molecular flexibility index (Phi) is 4.38. The van der Waals surface area contributed by atoms with E-state index in [2.05, 4.69) is 18.9 Å². The first kappa shape index (κ1) is 13.8. The Balaban J connectivity index is 2.39. The number of rotatable bonds is 5. The first-order valence-corrected chi connectivity index (χ1v) is 6.78. The molecule has 0 saturated carbocycles. The van der Waals surface area contributed by atoms with Crippen molar-refractivity contribution in [2.45, 2.75) is 26.8 Å². The van der Waals surface area contributed by atoms with Gasteiger partial charge >= 0.3 is 0 Å². The fourth-order valence-electron chi connectivity index (χ4n) is 1.90. The SMILES string of the molecule is CC(C)CCn1nc(-c2ccccc2)c(C=O)c1Cl. The Morgan fingerprint density at radius 2 is 2.00 bits per heavy atom. The third-order valence-electron chi connectivity index (χ3n) is 3.01. The van der Waals surface area contributed by atoms with Gasteiger partial charge in [-0.15, -0.1) is 0 Å². The Morgan fingerprint density at radius 1 is 1.32 bits per heavy atom. The summed E-state index contributed by atoms with van der Waals surface area (Å²) in [7, 11) is 0. The molecule has 0 fully saturated rings. The summed E-state index contributed by atoms with van der Waals surface area (Å²) < 4.78 is 1.72. The molecule has 0 unspecified atom stereocenters. The van der Waals surface area contributed by atoms with Gasteiger partial charge in [0.05, 0.1) is 5.56 Å². The van der Waals surface area contributed by atoms with Crippen molar-refractivity contribution in [1.82, 2.24) is 9.78 Å². The van der Waals surface area contributed by atoms with Gasteiger partial charge in [0.15, 0.2) is 6.29 Å². The molecule has 0 radical (unpaired) electrons. The van der Waals surface area contributed by atoms with Crippen LogP contribution in [-0.2, 0) is 6.54 Å². The number of carbonyl (C=O) groups excluding carboxylic acids is 1. The van der Waals surface area contributed by atoms with Gasteiger partial charge in [-0.1, -0.05) is 55.8 Å². The van der Waals surface area contributed by atoms with E-state index in [4.69, 9.17) is 11.6 Å². The van der Waals surface area contributed by atoms with Crippen LogP contribution in [-0.4, -0.2) is 16.1 Å². The van der Waals surface area contributed by atoms with Gasteiger partial charge in [0.1, 0.15) is 10.8 Å². The zero-order valence-corrected chi connectivity index (χ0v) is 11.9. The lowest BCUT2D eigenvalue weighted by Crippen LogP contribution is -2.03. The highest BCUT2D eigenvalue weighted by atomic mass is 35.5. The molecule has 1 aromatic heterocycles. The van der Waals surface area contributed by atoms with Gasteiger partial charge in [-0.3, -0.25) is 9.48 Å². The number of halogens is 1. The van der Waals surface area contributed by atoms with Gasteiger partial charge in [0, 0.05) is 12.1 Å². The molecule has 0 aliphatic heterocycles. The van der Waals surface area contributed by atoms with Crippen molar-refractivity contribution in [3.63, 3.8) is 0 Å². The molecule has 0 atom stereocenters. The third-order valence-corrected chi connectivity index (χ3v) is 3.41. The second kappa shape index (κ2) is 6.02. The van der Waals surface area contributed by atoms with Gasteiger partial charge in [0.25, 0.3) is 0 Å². The van der Waals surface area contributed by atoms with Crippen molar-refractivity contribution < 1.29 is 4.79 Å². The van der Waals surface area contributed by atoms with Crippen LogP contribution >= 0.6 is 11.6 Å². The minimum Gasteiger partial charge on any atom is -0.298 e.